The molecule has 0 radical (unpaired) electrons. The van der Waals surface area contributed by atoms with Gasteiger partial charge in [0.2, 0.25) is 5.91 Å². The second-order valence-corrected chi connectivity index (χ2v) is 8.09. The number of hydrogen-bond acceptors (Lipinski definition) is 4. The van der Waals surface area contributed by atoms with E-state index in [1.807, 2.05) is 0 Å². The van der Waals surface area contributed by atoms with Crippen LogP contribution in [0.3, 0.4) is 0 Å². The SMILES string of the molecule is CN(CCS(C)(=O)=O)C(=O)C1C2CCC(C2)C1N. The molecule has 0 spiro atoms. The van der Waals surface area contributed by atoms with Crippen LogP contribution in [0.5, 0.6) is 0 Å². The maximum Gasteiger partial charge on any atom is 0.227 e. The highest BCUT2D eigenvalue weighted by Crippen LogP contribution is 2.48. The molecule has 2 saturated carbocycles. The maximum atomic E-state index is 12.3. The monoisotopic (exact) mass is 274 g/mol. The zero-order valence-corrected chi connectivity index (χ0v) is 11.8. The van der Waals surface area contributed by atoms with Crippen molar-refractivity contribution in [3.63, 3.8) is 0 Å². The molecule has 4 atom stereocenters. The van der Waals surface area contributed by atoms with Crippen LogP contribution in [-0.4, -0.2) is 50.9 Å². The van der Waals surface area contributed by atoms with Gasteiger partial charge in [-0.2, -0.15) is 0 Å². The minimum Gasteiger partial charge on any atom is -0.344 e. The molecule has 2 rings (SSSR count). The van der Waals surface area contributed by atoms with Crippen molar-refractivity contribution in [3.8, 4) is 0 Å². The molecular formula is C12H22N2O3S. The molecule has 0 aliphatic heterocycles. The van der Waals surface area contributed by atoms with Gasteiger partial charge in [0, 0.05) is 25.9 Å². The molecule has 6 heteroatoms. The average Bonchev–Trinajstić information content (AvgIpc) is 2.84. The summed E-state index contributed by atoms with van der Waals surface area (Å²) < 4.78 is 22.2. The summed E-state index contributed by atoms with van der Waals surface area (Å²) in [5.41, 5.74) is 6.12. The number of carbonyl (C=O) groups excluding carboxylic acids is 1. The van der Waals surface area contributed by atoms with Crippen molar-refractivity contribution in [2.24, 2.45) is 23.5 Å². The van der Waals surface area contributed by atoms with Crippen LogP contribution in [0.25, 0.3) is 0 Å². The summed E-state index contributed by atoms with van der Waals surface area (Å²) in [5.74, 6) is 0.864. The van der Waals surface area contributed by atoms with Crippen LogP contribution in [0.1, 0.15) is 19.3 Å². The van der Waals surface area contributed by atoms with Gasteiger partial charge in [-0.25, -0.2) is 8.42 Å². The summed E-state index contributed by atoms with van der Waals surface area (Å²) in [5, 5.41) is 0. The quantitative estimate of drug-likeness (QED) is 0.774. The second-order valence-electron chi connectivity index (χ2n) is 5.83. The molecular weight excluding hydrogens is 252 g/mol. The zero-order chi connectivity index (χ0) is 13.5. The molecule has 1 amide bonds. The van der Waals surface area contributed by atoms with E-state index in [1.54, 1.807) is 7.05 Å². The Balaban J connectivity index is 1.95. The van der Waals surface area contributed by atoms with Crippen LogP contribution in [0, 0.1) is 17.8 Å². The number of rotatable bonds is 4. The summed E-state index contributed by atoms with van der Waals surface area (Å²) >= 11 is 0. The van der Waals surface area contributed by atoms with Gasteiger partial charge in [0.25, 0.3) is 0 Å². The molecule has 0 saturated heterocycles. The molecule has 2 N–H and O–H groups in total. The summed E-state index contributed by atoms with van der Waals surface area (Å²) in [7, 11) is -1.35. The van der Waals surface area contributed by atoms with Crippen molar-refractivity contribution >= 4 is 15.7 Å². The Morgan fingerprint density at radius 1 is 1.33 bits per heavy atom. The third-order valence-electron chi connectivity index (χ3n) is 4.44. The Labute approximate surface area is 109 Å². The minimum absolute atomic E-state index is 0.0191. The van der Waals surface area contributed by atoms with E-state index in [0.717, 1.165) is 19.3 Å². The lowest BCUT2D eigenvalue weighted by Gasteiger charge is -2.30. The third-order valence-corrected chi connectivity index (χ3v) is 5.36. The molecule has 104 valence electrons. The van der Waals surface area contributed by atoms with Gasteiger partial charge in [-0.05, 0) is 31.1 Å². The molecule has 0 aromatic rings. The van der Waals surface area contributed by atoms with Crippen LogP contribution in [0.15, 0.2) is 0 Å². The Kier molecular flexibility index (Phi) is 3.69. The predicted octanol–water partition coefficient (Wildman–Crippen LogP) is -0.137. The lowest BCUT2D eigenvalue weighted by atomic mass is 9.84. The van der Waals surface area contributed by atoms with Gasteiger partial charge in [-0.15, -0.1) is 0 Å². The van der Waals surface area contributed by atoms with E-state index in [4.69, 9.17) is 5.73 Å². The first-order chi connectivity index (χ1) is 8.29. The molecule has 4 unspecified atom stereocenters. The molecule has 0 heterocycles. The van der Waals surface area contributed by atoms with E-state index in [2.05, 4.69) is 0 Å². The molecule has 2 aliphatic carbocycles. The largest absolute Gasteiger partial charge is 0.344 e. The van der Waals surface area contributed by atoms with Gasteiger partial charge in [0.05, 0.1) is 11.7 Å². The van der Waals surface area contributed by atoms with Crippen molar-refractivity contribution in [2.45, 2.75) is 25.3 Å². The summed E-state index contributed by atoms with van der Waals surface area (Å²) in [6, 6.07) is -0.0306. The van der Waals surface area contributed by atoms with Crippen LogP contribution >= 0.6 is 0 Å². The fourth-order valence-electron chi connectivity index (χ4n) is 3.37. The Bertz CT molecular complexity index is 433. The Hall–Kier alpha value is -0.620. The standard InChI is InChI=1S/C12H22N2O3S/c1-14(5-6-18(2,16)17)12(15)10-8-3-4-9(7-8)11(10)13/h8-11H,3-7,13H2,1-2H3. The number of nitrogens with zero attached hydrogens (tertiary/aromatic N) is 1. The van der Waals surface area contributed by atoms with Crippen LogP contribution in [0.4, 0.5) is 0 Å². The van der Waals surface area contributed by atoms with Crippen molar-refractivity contribution in [1.82, 2.24) is 4.90 Å². The highest BCUT2D eigenvalue weighted by Gasteiger charge is 2.49. The zero-order valence-electron chi connectivity index (χ0n) is 11.0. The molecule has 2 fully saturated rings. The van der Waals surface area contributed by atoms with E-state index in [9.17, 15) is 13.2 Å². The van der Waals surface area contributed by atoms with Gasteiger partial charge in [-0.1, -0.05) is 0 Å². The first-order valence-corrected chi connectivity index (χ1v) is 8.54. The van der Waals surface area contributed by atoms with Crippen molar-refractivity contribution < 1.29 is 13.2 Å². The number of amides is 1. The molecule has 2 bridgehead atoms. The molecule has 0 aromatic heterocycles. The van der Waals surface area contributed by atoms with Gasteiger partial charge >= 0.3 is 0 Å². The summed E-state index contributed by atoms with van der Waals surface area (Å²) in [6.45, 7) is 0.262. The lowest BCUT2D eigenvalue weighted by molar-refractivity contribution is -0.136. The molecule has 5 nitrogen and oxygen atoms in total. The Morgan fingerprint density at radius 3 is 2.44 bits per heavy atom. The fraction of sp³-hybridized carbons (Fsp3) is 0.917. The summed E-state index contributed by atoms with van der Waals surface area (Å²) in [6.07, 6.45) is 4.49. The predicted molar refractivity (Wildman–Crippen MR) is 69.6 cm³/mol. The van der Waals surface area contributed by atoms with E-state index in [1.165, 1.54) is 11.2 Å². The molecule has 2 aliphatic rings. The molecule has 18 heavy (non-hydrogen) atoms. The normalized spacial score (nSPS) is 34.8. The van der Waals surface area contributed by atoms with Gasteiger partial charge in [0.1, 0.15) is 9.84 Å². The van der Waals surface area contributed by atoms with E-state index in [-0.39, 0.29) is 30.2 Å². The fourth-order valence-corrected chi connectivity index (χ4v) is 3.98. The Morgan fingerprint density at radius 2 is 1.94 bits per heavy atom. The number of carbonyl (C=O) groups is 1. The molecule has 0 aromatic carbocycles. The average molecular weight is 274 g/mol. The number of sulfone groups is 1. The highest BCUT2D eigenvalue weighted by molar-refractivity contribution is 7.90. The third kappa shape index (κ3) is 2.69. The van der Waals surface area contributed by atoms with Crippen LogP contribution in [0.2, 0.25) is 0 Å². The first-order valence-electron chi connectivity index (χ1n) is 6.48. The summed E-state index contributed by atoms with van der Waals surface area (Å²) in [4.78, 5) is 13.8. The van der Waals surface area contributed by atoms with Gasteiger partial charge in [-0.3, -0.25) is 4.79 Å². The van der Waals surface area contributed by atoms with Gasteiger partial charge < -0.3 is 10.6 Å². The number of fused-ring (bicyclic) bond motifs is 2. The number of nitrogens with two attached hydrogens (primary N) is 1. The van der Waals surface area contributed by atoms with Crippen molar-refractivity contribution in [2.75, 3.05) is 25.6 Å². The van der Waals surface area contributed by atoms with Crippen molar-refractivity contribution in [3.05, 3.63) is 0 Å². The van der Waals surface area contributed by atoms with Crippen molar-refractivity contribution in [1.29, 1.82) is 0 Å². The smallest absolute Gasteiger partial charge is 0.227 e. The minimum atomic E-state index is -3.03. The number of hydrogen-bond donors (Lipinski definition) is 1. The van der Waals surface area contributed by atoms with Gasteiger partial charge in [0.15, 0.2) is 0 Å². The second kappa shape index (κ2) is 4.81. The maximum absolute atomic E-state index is 12.3. The highest BCUT2D eigenvalue weighted by atomic mass is 32.2. The first kappa shape index (κ1) is 13.8. The van der Waals surface area contributed by atoms with Crippen LogP contribution in [-0.2, 0) is 14.6 Å². The lowest BCUT2D eigenvalue weighted by Crippen LogP contribution is -2.46. The topological polar surface area (TPSA) is 80.5 Å². The van der Waals surface area contributed by atoms with E-state index < -0.39 is 9.84 Å². The van der Waals surface area contributed by atoms with Crippen LogP contribution < -0.4 is 5.73 Å². The van der Waals surface area contributed by atoms with E-state index in [0.29, 0.717) is 11.8 Å². The van der Waals surface area contributed by atoms with E-state index >= 15 is 0 Å².